The summed E-state index contributed by atoms with van der Waals surface area (Å²) in [6.45, 7) is 1.44. The predicted molar refractivity (Wildman–Crippen MR) is 80.0 cm³/mol. The van der Waals surface area contributed by atoms with E-state index in [1.807, 2.05) is 0 Å². The highest BCUT2D eigenvalue weighted by Gasteiger charge is 2.05. The Labute approximate surface area is 124 Å². The Morgan fingerprint density at radius 1 is 1.20 bits per heavy atom. The van der Waals surface area contributed by atoms with Crippen LogP contribution in [0.5, 0.6) is 0 Å². The standard InChI is InChI=1S/C12H12N4O2S2/c1-8(17)14-9-2-4-10(5-3-9)15-11(18)6-19-12-16-13-7-20-12/h2-5,7H,6H2,1H3,(H,14,17)(H,15,18). The topological polar surface area (TPSA) is 84.0 Å². The zero-order valence-corrected chi connectivity index (χ0v) is 12.3. The lowest BCUT2D eigenvalue weighted by Crippen LogP contribution is -2.14. The van der Waals surface area contributed by atoms with Crippen LogP contribution in [0.4, 0.5) is 11.4 Å². The van der Waals surface area contributed by atoms with E-state index in [-0.39, 0.29) is 17.6 Å². The van der Waals surface area contributed by atoms with Gasteiger partial charge in [-0.15, -0.1) is 10.2 Å². The molecule has 20 heavy (non-hydrogen) atoms. The van der Waals surface area contributed by atoms with E-state index in [9.17, 15) is 9.59 Å². The molecule has 8 heteroatoms. The minimum Gasteiger partial charge on any atom is -0.326 e. The van der Waals surface area contributed by atoms with Gasteiger partial charge in [-0.2, -0.15) is 0 Å². The molecule has 0 aliphatic carbocycles. The fourth-order valence-electron chi connectivity index (χ4n) is 1.39. The Balaban J connectivity index is 1.83. The van der Waals surface area contributed by atoms with E-state index in [1.54, 1.807) is 29.8 Å². The molecular formula is C12H12N4O2S2. The van der Waals surface area contributed by atoms with Crippen molar-refractivity contribution in [2.24, 2.45) is 0 Å². The van der Waals surface area contributed by atoms with Crippen molar-refractivity contribution in [2.45, 2.75) is 11.3 Å². The first kappa shape index (κ1) is 14.5. The number of thioether (sulfide) groups is 1. The third kappa shape index (κ3) is 4.63. The summed E-state index contributed by atoms with van der Waals surface area (Å²) in [4.78, 5) is 22.6. The van der Waals surface area contributed by atoms with E-state index in [0.29, 0.717) is 11.4 Å². The quantitative estimate of drug-likeness (QED) is 0.828. The molecule has 2 aromatic rings. The zero-order valence-electron chi connectivity index (χ0n) is 10.6. The number of hydrogen-bond donors (Lipinski definition) is 2. The van der Waals surface area contributed by atoms with Crippen molar-refractivity contribution < 1.29 is 9.59 Å². The number of nitrogens with zero attached hydrogens (tertiary/aromatic N) is 2. The summed E-state index contributed by atoms with van der Waals surface area (Å²) in [6, 6.07) is 6.93. The van der Waals surface area contributed by atoms with Crippen molar-refractivity contribution in [3.8, 4) is 0 Å². The molecule has 0 saturated heterocycles. The molecule has 2 amide bonds. The molecule has 0 aliphatic heterocycles. The molecule has 0 unspecified atom stereocenters. The van der Waals surface area contributed by atoms with E-state index in [4.69, 9.17) is 0 Å². The monoisotopic (exact) mass is 308 g/mol. The lowest BCUT2D eigenvalue weighted by Gasteiger charge is -2.06. The highest BCUT2D eigenvalue weighted by molar-refractivity contribution is 8.01. The van der Waals surface area contributed by atoms with Gasteiger partial charge in [0.2, 0.25) is 11.8 Å². The van der Waals surface area contributed by atoms with Gasteiger partial charge in [-0.3, -0.25) is 9.59 Å². The number of amides is 2. The molecule has 104 valence electrons. The Hall–Kier alpha value is -1.93. The highest BCUT2D eigenvalue weighted by Crippen LogP contribution is 2.19. The van der Waals surface area contributed by atoms with Crippen LogP contribution in [0, 0.1) is 0 Å². The van der Waals surface area contributed by atoms with Crippen molar-refractivity contribution >= 4 is 46.3 Å². The number of carbonyl (C=O) groups excluding carboxylic acids is 2. The third-order valence-electron chi connectivity index (χ3n) is 2.16. The van der Waals surface area contributed by atoms with Crippen LogP contribution < -0.4 is 10.6 Å². The van der Waals surface area contributed by atoms with Gasteiger partial charge in [-0.1, -0.05) is 23.1 Å². The average Bonchev–Trinajstić information content (AvgIpc) is 2.91. The summed E-state index contributed by atoms with van der Waals surface area (Å²) in [7, 11) is 0. The molecule has 1 aromatic carbocycles. The molecule has 0 saturated carbocycles. The summed E-state index contributed by atoms with van der Waals surface area (Å²) < 4.78 is 0.765. The molecule has 6 nitrogen and oxygen atoms in total. The van der Waals surface area contributed by atoms with Crippen molar-refractivity contribution in [1.29, 1.82) is 0 Å². The number of hydrogen-bond acceptors (Lipinski definition) is 6. The second-order valence-electron chi connectivity index (χ2n) is 3.80. The van der Waals surface area contributed by atoms with Gasteiger partial charge < -0.3 is 10.6 Å². The van der Waals surface area contributed by atoms with Gasteiger partial charge in [0, 0.05) is 18.3 Å². The molecule has 0 spiro atoms. The van der Waals surface area contributed by atoms with Crippen LogP contribution in [0.25, 0.3) is 0 Å². The molecule has 0 aliphatic rings. The minimum atomic E-state index is -0.129. The zero-order chi connectivity index (χ0) is 14.4. The highest BCUT2D eigenvalue weighted by atomic mass is 32.2. The summed E-state index contributed by atoms with van der Waals surface area (Å²) in [5.74, 6) is 0.0375. The van der Waals surface area contributed by atoms with Gasteiger partial charge in [0.1, 0.15) is 5.51 Å². The van der Waals surface area contributed by atoms with Crippen LogP contribution in [0.15, 0.2) is 34.1 Å². The Kier molecular flexibility index (Phi) is 5.08. The Morgan fingerprint density at radius 3 is 2.40 bits per heavy atom. The van der Waals surface area contributed by atoms with E-state index in [2.05, 4.69) is 20.8 Å². The number of anilines is 2. The fourth-order valence-corrected chi connectivity index (χ4v) is 2.68. The molecule has 0 atom stereocenters. The van der Waals surface area contributed by atoms with Crippen LogP contribution >= 0.6 is 23.1 Å². The first-order valence-electron chi connectivity index (χ1n) is 5.70. The molecule has 0 fully saturated rings. The Morgan fingerprint density at radius 2 is 1.85 bits per heavy atom. The maximum atomic E-state index is 11.7. The van der Waals surface area contributed by atoms with Crippen molar-refractivity contribution in [3.63, 3.8) is 0 Å². The predicted octanol–water partition coefficient (Wildman–Crippen LogP) is 2.23. The van der Waals surface area contributed by atoms with E-state index < -0.39 is 0 Å². The Bertz CT molecular complexity index is 584. The number of carbonyl (C=O) groups is 2. The fraction of sp³-hybridized carbons (Fsp3) is 0.167. The van der Waals surface area contributed by atoms with Crippen LogP contribution in [0.2, 0.25) is 0 Å². The van der Waals surface area contributed by atoms with Crippen molar-refractivity contribution in [3.05, 3.63) is 29.8 Å². The number of rotatable bonds is 5. The lowest BCUT2D eigenvalue weighted by atomic mass is 10.3. The summed E-state index contributed by atoms with van der Waals surface area (Å²) in [5.41, 5.74) is 3.00. The van der Waals surface area contributed by atoms with E-state index >= 15 is 0 Å². The van der Waals surface area contributed by atoms with Gasteiger partial charge in [-0.05, 0) is 24.3 Å². The summed E-state index contributed by atoms with van der Waals surface area (Å²) in [6.07, 6.45) is 0. The SMILES string of the molecule is CC(=O)Nc1ccc(NC(=O)CSc2nncs2)cc1. The van der Waals surface area contributed by atoms with Crippen molar-refractivity contribution in [2.75, 3.05) is 16.4 Å². The van der Waals surface area contributed by atoms with Gasteiger partial charge in [0.05, 0.1) is 5.75 Å². The van der Waals surface area contributed by atoms with E-state index in [0.717, 1.165) is 4.34 Å². The second-order valence-corrected chi connectivity index (χ2v) is 5.86. The largest absolute Gasteiger partial charge is 0.326 e. The van der Waals surface area contributed by atoms with Crippen LogP contribution in [-0.4, -0.2) is 27.8 Å². The normalized spacial score (nSPS) is 10.1. The van der Waals surface area contributed by atoms with Crippen LogP contribution in [-0.2, 0) is 9.59 Å². The minimum absolute atomic E-state index is 0.113. The van der Waals surface area contributed by atoms with Crippen LogP contribution in [0.1, 0.15) is 6.92 Å². The van der Waals surface area contributed by atoms with E-state index in [1.165, 1.54) is 30.0 Å². The van der Waals surface area contributed by atoms with Crippen LogP contribution in [0.3, 0.4) is 0 Å². The lowest BCUT2D eigenvalue weighted by molar-refractivity contribution is -0.114. The summed E-state index contributed by atoms with van der Waals surface area (Å²) >= 11 is 2.74. The number of aromatic nitrogens is 2. The molecule has 1 aromatic heterocycles. The molecule has 0 radical (unpaired) electrons. The molecule has 1 heterocycles. The van der Waals surface area contributed by atoms with Gasteiger partial charge >= 0.3 is 0 Å². The summed E-state index contributed by atoms with van der Waals surface area (Å²) in [5, 5.41) is 13.0. The van der Waals surface area contributed by atoms with Gasteiger partial charge in [0.25, 0.3) is 0 Å². The molecule has 2 rings (SSSR count). The van der Waals surface area contributed by atoms with Gasteiger partial charge in [-0.25, -0.2) is 0 Å². The number of nitrogens with one attached hydrogen (secondary N) is 2. The third-order valence-corrected chi connectivity index (χ3v) is 4.02. The first-order chi connectivity index (χ1) is 9.63. The first-order valence-corrected chi connectivity index (χ1v) is 7.56. The molecular weight excluding hydrogens is 296 g/mol. The number of benzene rings is 1. The molecule has 2 N–H and O–H groups in total. The van der Waals surface area contributed by atoms with Crippen molar-refractivity contribution in [1.82, 2.24) is 10.2 Å². The molecule has 0 bridgehead atoms. The second kappa shape index (κ2) is 7.01. The average molecular weight is 308 g/mol. The van der Waals surface area contributed by atoms with Gasteiger partial charge in [0.15, 0.2) is 4.34 Å². The smallest absolute Gasteiger partial charge is 0.234 e. The maximum Gasteiger partial charge on any atom is 0.234 e. The maximum absolute atomic E-state index is 11.7.